The molecule has 2 heteroatoms. The summed E-state index contributed by atoms with van der Waals surface area (Å²) in [5, 5.41) is 0. The molecule has 0 spiro atoms. The van der Waals surface area contributed by atoms with Gasteiger partial charge in [0.2, 0.25) is 5.91 Å². The number of allylic oxidation sites excluding steroid dienone is 2. The van der Waals surface area contributed by atoms with Crippen molar-refractivity contribution in [2.24, 2.45) is 29.6 Å². The van der Waals surface area contributed by atoms with Gasteiger partial charge in [-0.3, -0.25) is 4.79 Å². The summed E-state index contributed by atoms with van der Waals surface area (Å²) < 4.78 is 0. The topological polar surface area (TPSA) is 20.3 Å². The van der Waals surface area contributed by atoms with Crippen LogP contribution < -0.4 is 0 Å². The summed E-state index contributed by atoms with van der Waals surface area (Å²) in [7, 11) is 0. The number of amides is 1. The summed E-state index contributed by atoms with van der Waals surface area (Å²) >= 11 is 0. The molecular formula is C20H33NO. The van der Waals surface area contributed by atoms with Crippen LogP contribution in [0.1, 0.15) is 65.7 Å². The molecule has 0 saturated heterocycles. The molecular weight excluding hydrogens is 270 g/mol. The monoisotopic (exact) mass is 303 g/mol. The van der Waals surface area contributed by atoms with E-state index in [-0.39, 0.29) is 0 Å². The molecule has 1 amide bonds. The third kappa shape index (κ3) is 3.75. The van der Waals surface area contributed by atoms with Crippen LogP contribution >= 0.6 is 0 Å². The van der Waals surface area contributed by atoms with Crippen molar-refractivity contribution in [3.63, 3.8) is 0 Å². The van der Waals surface area contributed by atoms with Gasteiger partial charge in [0.05, 0.1) is 0 Å². The lowest BCUT2D eigenvalue weighted by atomic mass is 9.78. The van der Waals surface area contributed by atoms with Crippen LogP contribution in [0, 0.1) is 29.6 Å². The van der Waals surface area contributed by atoms with E-state index >= 15 is 0 Å². The SMILES string of the molecule is CCCCN(CC1CC1C1CC=C(C)CC1C)C(=O)C1CC1. The second-order valence-electron chi connectivity index (χ2n) is 8.20. The maximum Gasteiger partial charge on any atom is 0.225 e. The van der Waals surface area contributed by atoms with E-state index in [1.165, 1.54) is 25.7 Å². The highest BCUT2D eigenvalue weighted by Gasteiger charge is 2.46. The molecule has 2 fully saturated rings. The number of carbonyl (C=O) groups excluding carboxylic acids is 1. The fourth-order valence-electron chi connectivity index (χ4n) is 4.43. The van der Waals surface area contributed by atoms with Gasteiger partial charge >= 0.3 is 0 Å². The number of nitrogens with zero attached hydrogens (tertiary/aromatic N) is 1. The first-order valence-electron chi connectivity index (χ1n) is 9.54. The minimum Gasteiger partial charge on any atom is -0.342 e. The van der Waals surface area contributed by atoms with Gasteiger partial charge in [0.15, 0.2) is 0 Å². The average molecular weight is 303 g/mol. The molecule has 3 aliphatic carbocycles. The highest BCUT2D eigenvalue weighted by atomic mass is 16.2. The van der Waals surface area contributed by atoms with Gasteiger partial charge in [-0.05, 0) is 69.1 Å². The van der Waals surface area contributed by atoms with Gasteiger partial charge in [0, 0.05) is 19.0 Å². The lowest BCUT2D eigenvalue weighted by Crippen LogP contribution is -2.35. The predicted octanol–water partition coefficient (Wildman–Crippen LogP) is 4.65. The van der Waals surface area contributed by atoms with Crippen molar-refractivity contribution in [3.05, 3.63) is 11.6 Å². The van der Waals surface area contributed by atoms with Crippen LogP contribution in [-0.2, 0) is 4.79 Å². The van der Waals surface area contributed by atoms with Crippen LogP contribution in [0.2, 0.25) is 0 Å². The van der Waals surface area contributed by atoms with E-state index < -0.39 is 0 Å². The van der Waals surface area contributed by atoms with Crippen LogP contribution in [-0.4, -0.2) is 23.9 Å². The third-order valence-electron chi connectivity index (χ3n) is 6.12. The van der Waals surface area contributed by atoms with Gasteiger partial charge < -0.3 is 4.90 Å². The zero-order chi connectivity index (χ0) is 15.7. The molecule has 0 aliphatic heterocycles. The molecule has 3 rings (SSSR count). The van der Waals surface area contributed by atoms with Crippen molar-refractivity contribution in [1.82, 2.24) is 4.90 Å². The molecule has 22 heavy (non-hydrogen) atoms. The standard InChI is InChI=1S/C20H33NO/c1-4-5-10-21(20(22)16-7-8-16)13-17-12-19(17)18-9-6-14(2)11-15(18)3/h6,15-19H,4-5,7-13H2,1-3H3. The minimum atomic E-state index is 0.383. The van der Waals surface area contributed by atoms with Crippen molar-refractivity contribution in [2.45, 2.75) is 65.7 Å². The molecule has 2 nitrogen and oxygen atoms in total. The summed E-state index contributed by atoms with van der Waals surface area (Å²) in [6, 6.07) is 0. The third-order valence-corrected chi connectivity index (χ3v) is 6.12. The molecule has 0 N–H and O–H groups in total. The fraction of sp³-hybridized carbons (Fsp3) is 0.850. The maximum absolute atomic E-state index is 12.5. The Hall–Kier alpha value is -0.790. The lowest BCUT2D eigenvalue weighted by molar-refractivity contribution is -0.133. The first-order valence-corrected chi connectivity index (χ1v) is 9.54. The Labute approximate surface area is 136 Å². The number of hydrogen-bond acceptors (Lipinski definition) is 1. The van der Waals surface area contributed by atoms with Crippen LogP contribution in [0.25, 0.3) is 0 Å². The molecule has 0 aromatic heterocycles. The van der Waals surface area contributed by atoms with Crippen molar-refractivity contribution in [1.29, 1.82) is 0 Å². The zero-order valence-corrected chi connectivity index (χ0v) is 14.7. The lowest BCUT2D eigenvalue weighted by Gasteiger charge is -2.29. The van der Waals surface area contributed by atoms with Crippen LogP contribution in [0.3, 0.4) is 0 Å². The average Bonchev–Trinajstić information content (AvgIpc) is 3.37. The largest absolute Gasteiger partial charge is 0.342 e. The summed E-state index contributed by atoms with van der Waals surface area (Å²) in [5.74, 6) is 4.23. The molecule has 4 unspecified atom stereocenters. The molecule has 2 saturated carbocycles. The van der Waals surface area contributed by atoms with E-state index in [0.717, 1.165) is 56.0 Å². The van der Waals surface area contributed by atoms with Crippen LogP contribution in [0.15, 0.2) is 11.6 Å². The summed E-state index contributed by atoms with van der Waals surface area (Å²) in [4.78, 5) is 14.7. The molecule has 0 heterocycles. The van der Waals surface area contributed by atoms with E-state index in [1.54, 1.807) is 5.57 Å². The van der Waals surface area contributed by atoms with Crippen molar-refractivity contribution < 1.29 is 4.79 Å². The van der Waals surface area contributed by atoms with Gasteiger partial charge in [0.25, 0.3) is 0 Å². The summed E-state index contributed by atoms with van der Waals surface area (Å²) in [6.45, 7) is 8.97. The van der Waals surface area contributed by atoms with Crippen LogP contribution in [0.5, 0.6) is 0 Å². The fourth-order valence-corrected chi connectivity index (χ4v) is 4.43. The Morgan fingerprint density at radius 2 is 2.09 bits per heavy atom. The number of hydrogen-bond donors (Lipinski definition) is 0. The number of rotatable bonds is 7. The quantitative estimate of drug-likeness (QED) is 0.627. The van der Waals surface area contributed by atoms with E-state index in [1.807, 2.05) is 0 Å². The minimum absolute atomic E-state index is 0.383. The van der Waals surface area contributed by atoms with Crippen molar-refractivity contribution >= 4 is 5.91 Å². The second-order valence-corrected chi connectivity index (χ2v) is 8.20. The van der Waals surface area contributed by atoms with Gasteiger partial charge in [-0.2, -0.15) is 0 Å². The summed E-state index contributed by atoms with van der Waals surface area (Å²) in [5.41, 5.74) is 1.58. The van der Waals surface area contributed by atoms with Gasteiger partial charge in [-0.25, -0.2) is 0 Å². The predicted molar refractivity (Wildman–Crippen MR) is 91.5 cm³/mol. The zero-order valence-electron chi connectivity index (χ0n) is 14.7. The highest BCUT2D eigenvalue weighted by Crippen LogP contribution is 2.51. The van der Waals surface area contributed by atoms with Gasteiger partial charge in [0.1, 0.15) is 0 Å². The van der Waals surface area contributed by atoms with E-state index in [4.69, 9.17) is 0 Å². The molecule has 0 bridgehead atoms. The second kappa shape index (κ2) is 6.76. The molecule has 0 radical (unpaired) electrons. The number of carbonyl (C=O) groups is 1. The first-order chi connectivity index (χ1) is 10.6. The maximum atomic E-state index is 12.5. The van der Waals surface area contributed by atoms with Crippen molar-refractivity contribution in [2.75, 3.05) is 13.1 Å². The Bertz CT molecular complexity index is 437. The van der Waals surface area contributed by atoms with Crippen molar-refractivity contribution in [3.8, 4) is 0 Å². The molecule has 4 atom stereocenters. The first kappa shape index (κ1) is 16.1. The summed E-state index contributed by atoms with van der Waals surface area (Å²) in [6.07, 6.45) is 11.0. The van der Waals surface area contributed by atoms with Crippen LogP contribution in [0.4, 0.5) is 0 Å². The molecule has 124 valence electrons. The Kier molecular flexibility index (Phi) is 4.94. The van der Waals surface area contributed by atoms with Gasteiger partial charge in [-0.1, -0.05) is 31.9 Å². The normalized spacial score (nSPS) is 34.2. The Morgan fingerprint density at radius 1 is 1.32 bits per heavy atom. The highest BCUT2D eigenvalue weighted by molar-refractivity contribution is 5.81. The smallest absolute Gasteiger partial charge is 0.225 e. The van der Waals surface area contributed by atoms with E-state index in [9.17, 15) is 4.79 Å². The number of unbranched alkanes of at least 4 members (excludes halogenated alkanes) is 1. The molecule has 0 aromatic rings. The Morgan fingerprint density at radius 3 is 2.73 bits per heavy atom. The van der Waals surface area contributed by atoms with E-state index in [2.05, 4.69) is 31.7 Å². The molecule has 0 aromatic carbocycles. The molecule has 3 aliphatic rings. The Balaban J connectivity index is 1.52. The van der Waals surface area contributed by atoms with E-state index in [0.29, 0.717) is 11.8 Å². The van der Waals surface area contributed by atoms with Gasteiger partial charge in [-0.15, -0.1) is 0 Å².